The van der Waals surface area contributed by atoms with Gasteiger partial charge in [0.15, 0.2) is 5.76 Å². The highest BCUT2D eigenvalue weighted by Gasteiger charge is 2.29. The van der Waals surface area contributed by atoms with Gasteiger partial charge in [0.25, 0.3) is 5.91 Å². The Balaban J connectivity index is 1.54. The Bertz CT molecular complexity index is 950. The number of rotatable bonds is 7. The lowest BCUT2D eigenvalue weighted by molar-refractivity contribution is 0.0923. The van der Waals surface area contributed by atoms with Crippen molar-refractivity contribution in [2.75, 3.05) is 6.54 Å². The van der Waals surface area contributed by atoms with Crippen LogP contribution < -0.4 is 11.1 Å². The number of amides is 1. The molecule has 3 N–H and O–H groups in total. The van der Waals surface area contributed by atoms with Crippen molar-refractivity contribution in [3.05, 3.63) is 65.7 Å². The van der Waals surface area contributed by atoms with Crippen LogP contribution in [-0.2, 0) is 5.75 Å². The molecule has 0 radical (unpaired) electrons. The number of benzene rings is 2. The summed E-state index contributed by atoms with van der Waals surface area (Å²) in [6.45, 7) is 0.449. The molecule has 1 aromatic heterocycles. The molecule has 1 atom stereocenters. The topological polar surface area (TPSA) is 68.3 Å². The summed E-state index contributed by atoms with van der Waals surface area (Å²) in [4.78, 5) is 13.7. The molecule has 2 aromatic carbocycles. The van der Waals surface area contributed by atoms with Crippen molar-refractivity contribution in [1.29, 1.82) is 0 Å². The summed E-state index contributed by atoms with van der Waals surface area (Å²) in [5.74, 6) is 0.903. The molecule has 6 heteroatoms. The molecule has 1 aliphatic carbocycles. The third kappa shape index (κ3) is 4.17. The van der Waals surface area contributed by atoms with Gasteiger partial charge in [-0.1, -0.05) is 18.2 Å². The smallest absolute Gasteiger partial charge is 0.287 e. The molecule has 1 saturated carbocycles. The summed E-state index contributed by atoms with van der Waals surface area (Å²) >= 11 is 1.54. The Morgan fingerprint density at radius 3 is 2.70 bits per heavy atom. The minimum Gasteiger partial charge on any atom is -0.451 e. The second kappa shape index (κ2) is 7.74. The van der Waals surface area contributed by atoms with Gasteiger partial charge in [0.2, 0.25) is 0 Å². The molecule has 4 rings (SSSR count). The molecule has 1 amide bonds. The van der Waals surface area contributed by atoms with Crippen LogP contribution in [-0.4, -0.2) is 18.5 Å². The van der Waals surface area contributed by atoms with Crippen molar-refractivity contribution in [3.63, 3.8) is 0 Å². The highest BCUT2D eigenvalue weighted by atomic mass is 32.2. The van der Waals surface area contributed by atoms with Gasteiger partial charge in [0, 0.05) is 34.2 Å². The fraction of sp³-hybridized carbons (Fsp3) is 0.286. The highest BCUT2D eigenvalue weighted by Crippen LogP contribution is 2.33. The Labute approximate surface area is 161 Å². The maximum Gasteiger partial charge on any atom is 0.287 e. The quantitative estimate of drug-likeness (QED) is 0.595. The van der Waals surface area contributed by atoms with Crippen molar-refractivity contribution in [2.24, 2.45) is 11.7 Å². The van der Waals surface area contributed by atoms with Gasteiger partial charge in [-0.15, -0.1) is 11.8 Å². The fourth-order valence-electron chi connectivity index (χ4n) is 3.09. The van der Waals surface area contributed by atoms with Gasteiger partial charge in [-0.05, 0) is 49.1 Å². The van der Waals surface area contributed by atoms with E-state index in [9.17, 15) is 9.18 Å². The normalized spacial score (nSPS) is 15.0. The van der Waals surface area contributed by atoms with E-state index >= 15 is 0 Å². The second-order valence-corrected chi connectivity index (χ2v) is 7.91. The van der Waals surface area contributed by atoms with Gasteiger partial charge < -0.3 is 15.5 Å². The van der Waals surface area contributed by atoms with Crippen LogP contribution >= 0.6 is 11.8 Å². The first kappa shape index (κ1) is 18.1. The number of fused-ring (bicyclic) bond motifs is 1. The van der Waals surface area contributed by atoms with Crippen molar-refractivity contribution in [2.45, 2.75) is 29.5 Å². The Morgan fingerprint density at radius 2 is 1.96 bits per heavy atom. The molecule has 0 spiro atoms. The van der Waals surface area contributed by atoms with Gasteiger partial charge in [0.05, 0.1) is 0 Å². The van der Waals surface area contributed by atoms with E-state index in [0.717, 1.165) is 28.7 Å². The summed E-state index contributed by atoms with van der Waals surface area (Å²) in [6, 6.07) is 13.9. The first-order valence-electron chi connectivity index (χ1n) is 9.04. The Kier molecular flexibility index (Phi) is 5.18. The van der Waals surface area contributed by atoms with E-state index in [1.54, 1.807) is 23.9 Å². The van der Waals surface area contributed by atoms with E-state index in [4.69, 9.17) is 10.2 Å². The summed E-state index contributed by atoms with van der Waals surface area (Å²) in [6.07, 6.45) is 2.28. The van der Waals surface area contributed by atoms with Crippen LogP contribution in [0.1, 0.15) is 29.0 Å². The molecule has 3 aromatic rings. The molecule has 1 fully saturated rings. The molecule has 140 valence electrons. The highest BCUT2D eigenvalue weighted by molar-refractivity contribution is 7.98. The van der Waals surface area contributed by atoms with Gasteiger partial charge in [0.1, 0.15) is 11.4 Å². The number of nitrogens with two attached hydrogens (primary N) is 1. The molecular weight excluding hydrogens is 363 g/mol. The Hall–Kier alpha value is -2.31. The van der Waals surface area contributed by atoms with Crippen molar-refractivity contribution in [3.8, 4) is 0 Å². The van der Waals surface area contributed by atoms with Crippen LogP contribution in [0.5, 0.6) is 0 Å². The maximum absolute atomic E-state index is 13.1. The molecule has 1 heterocycles. The van der Waals surface area contributed by atoms with E-state index in [1.807, 2.05) is 24.3 Å². The lowest BCUT2D eigenvalue weighted by Gasteiger charge is -2.11. The van der Waals surface area contributed by atoms with E-state index in [2.05, 4.69) is 5.32 Å². The van der Waals surface area contributed by atoms with Gasteiger partial charge >= 0.3 is 0 Å². The van der Waals surface area contributed by atoms with Crippen LogP contribution in [0.4, 0.5) is 4.39 Å². The number of carbonyl (C=O) groups is 1. The van der Waals surface area contributed by atoms with Crippen LogP contribution in [0.3, 0.4) is 0 Å². The number of nitrogens with one attached hydrogen (secondary N) is 1. The summed E-state index contributed by atoms with van der Waals surface area (Å²) in [7, 11) is 0. The van der Waals surface area contributed by atoms with Gasteiger partial charge in [-0.2, -0.15) is 0 Å². The summed E-state index contributed by atoms with van der Waals surface area (Å²) in [5, 5.41) is 3.83. The second-order valence-electron chi connectivity index (χ2n) is 6.86. The predicted molar refractivity (Wildman–Crippen MR) is 105 cm³/mol. The molecule has 0 saturated heterocycles. The molecule has 27 heavy (non-hydrogen) atoms. The van der Waals surface area contributed by atoms with Crippen molar-refractivity contribution >= 4 is 28.6 Å². The fourth-order valence-corrected chi connectivity index (χ4v) is 4.02. The number of para-hydroxylation sites is 1. The predicted octanol–water partition coefficient (Wildman–Crippen LogP) is 4.33. The number of hydrogen-bond donors (Lipinski definition) is 2. The minimum atomic E-state index is -0.264. The lowest BCUT2D eigenvalue weighted by atomic mass is 10.1. The summed E-state index contributed by atoms with van der Waals surface area (Å²) in [5.41, 5.74) is 7.61. The average molecular weight is 384 g/mol. The van der Waals surface area contributed by atoms with Crippen LogP contribution in [0.15, 0.2) is 57.8 Å². The number of furan rings is 1. The number of halogens is 1. The number of thioether (sulfide) groups is 1. The van der Waals surface area contributed by atoms with Crippen LogP contribution in [0.2, 0.25) is 0 Å². The van der Waals surface area contributed by atoms with Crippen molar-refractivity contribution < 1.29 is 13.6 Å². The molecule has 0 bridgehead atoms. The molecule has 1 unspecified atom stereocenters. The molecule has 0 aliphatic heterocycles. The standard InChI is InChI=1S/C21H21FN2O2S/c22-14-7-9-15(10-8-14)27-12-17-16-3-1-2-4-19(16)26-20(17)21(25)24-11-18(23)13-5-6-13/h1-4,7-10,13,18H,5-6,11-12,23H2,(H,24,25). The third-order valence-corrected chi connectivity index (χ3v) is 5.87. The zero-order chi connectivity index (χ0) is 18.8. The lowest BCUT2D eigenvalue weighted by Crippen LogP contribution is -2.38. The van der Waals surface area contributed by atoms with Crippen molar-refractivity contribution in [1.82, 2.24) is 5.32 Å². The Morgan fingerprint density at radius 1 is 1.22 bits per heavy atom. The van der Waals surface area contributed by atoms with Gasteiger partial charge in [-0.25, -0.2) is 4.39 Å². The summed E-state index contributed by atoms with van der Waals surface area (Å²) < 4.78 is 19.0. The van der Waals surface area contributed by atoms with Gasteiger partial charge in [-0.3, -0.25) is 4.79 Å². The van der Waals surface area contributed by atoms with Crippen LogP contribution in [0.25, 0.3) is 11.0 Å². The molecule has 4 nitrogen and oxygen atoms in total. The molecular formula is C21H21FN2O2S. The molecule has 1 aliphatic rings. The monoisotopic (exact) mass is 384 g/mol. The third-order valence-electron chi connectivity index (χ3n) is 4.83. The van der Waals surface area contributed by atoms with E-state index in [-0.39, 0.29) is 17.8 Å². The maximum atomic E-state index is 13.1. The minimum absolute atomic E-state index is 0.00429. The van der Waals surface area contributed by atoms with E-state index in [0.29, 0.717) is 29.6 Å². The largest absolute Gasteiger partial charge is 0.451 e. The zero-order valence-electron chi connectivity index (χ0n) is 14.8. The number of hydrogen-bond acceptors (Lipinski definition) is 4. The first-order chi connectivity index (χ1) is 13.1. The van der Waals surface area contributed by atoms with E-state index in [1.165, 1.54) is 12.1 Å². The SMILES string of the molecule is NC(CNC(=O)c1oc2ccccc2c1CSc1ccc(F)cc1)C1CC1. The van der Waals surface area contributed by atoms with E-state index < -0.39 is 0 Å². The average Bonchev–Trinajstić information content (AvgIpc) is 3.47. The van der Waals surface area contributed by atoms with Crippen LogP contribution in [0, 0.1) is 11.7 Å². The zero-order valence-corrected chi connectivity index (χ0v) is 15.6. The first-order valence-corrected chi connectivity index (χ1v) is 10.0. The number of carbonyl (C=O) groups excluding carboxylic acids is 1.